The molecule has 1 fully saturated rings. The molecular formula is C27H26ClFN2O2. The number of carbonyl (C=O) groups excluding carboxylic acids is 2. The predicted molar refractivity (Wildman–Crippen MR) is 128 cm³/mol. The molecule has 0 saturated carbocycles. The summed E-state index contributed by atoms with van der Waals surface area (Å²) < 4.78 is 13.1. The van der Waals surface area contributed by atoms with Crippen molar-refractivity contribution >= 4 is 23.4 Å². The second kappa shape index (κ2) is 9.36. The lowest BCUT2D eigenvalue weighted by molar-refractivity contribution is -0.163. The monoisotopic (exact) mass is 464 g/mol. The highest BCUT2D eigenvalue weighted by Crippen LogP contribution is 2.33. The van der Waals surface area contributed by atoms with Crippen molar-refractivity contribution in [2.45, 2.75) is 31.8 Å². The van der Waals surface area contributed by atoms with Gasteiger partial charge in [0, 0.05) is 25.2 Å². The fourth-order valence-electron chi connectivity index (χ4n) is 4.26. The molecule has 4 rings (SSSR count). The van der Waals surface area contributed by atoms with E-state index in [0.717, 1.165) is 22.3 Å². The van der Waals surface area contributed by atoms with E-state index in [4.69, 9.17) is 11.6 Å². The smallest absolute Gasteiger partial charge is 0.248 e. The molecule has 4 nitrogen and oxygen atoms in total. The molecule has 6 heteroatoms. The summed E-state index contributed by atoms with van der Waals surface area (Å²) >= 11 is 5.94. The lowest BCUT2D eigenvalue weighted by Gasteiger charge is -2.50. The van der Waals surface area contributed by atoms with Crippen LogP contribution in [0.15, 0.2) is 72.8 Å². The average molecular weight is 465 g/mol. The van der Waals surface area contributed by atoms with Crippen LogP contribution in [-0.4, -0.2) is 40.7 Å². The largest absolute Gasteiger partial charge is 0.339 e. The molecule has 0 aromatic heterocycles. The summed E-state index contributed by atoms with van der Waals surface area (Å²) in [6, 6.07) is 21.4. The normalized spacial score (nSPS) is 17.4. The van der Waals surface area contributed by atoms with Gasteiger partial charge in [-0.1, -0.05) is 60.1 Å². The first-order valence-electron chi connectivity index (χ1n) is 10.9. The van der Waals surface area contributed by atoms with Crippen molar-refractivity contribution in [2.75, 3.05) is 13.6 Å². The van der Waals surface area contributed by atoms with Gasteiger partial charge in [0.1, 0.15) is 11.4 Å². The van der Waals surface area contributed by atoms with Gasteiger partial charge in [0.15, 0.2) is 0 Å². The SMILES string of the molecule is CN(Cc1ccc(Cl)cc1)C(=O)C1(C)CCN1C(=O)Cc1ccc(-c2ccc(F)cc2)cc1. The summed E-state index contributed by atoms with van der Waals surface area (Å²) in [5.41, 5.74) is 2.91. The Morgan fingerprint density at radius 1 is 0.939 bits per heavy atom. The summed E-state index contributed by atoms with van der Waals surface area (Å²) in [7, 11) is 1.76. The van der Waals surface area contributed by atoms with Crippen LogP contribution in [0.5, 0.6) is 0 Å². The maximum absolute atomic E-state index is 13.2. The summed E-state index contributed by atoms with van der Waals surface area (Å²) in [5.74, 6) is -0.401. The highest BCUT2D eigenvalue weighted by Gasteiger charge is 2.50. The summed E-state index contributed by atoms with van der Waals surface area (Å²) in [5, 5.41) is 0.654. The molecule has 0 spiro atoms. The predicted octanol–water partition coefficient (Wildman–Crippen LogP) is 5.34. The van der Waals surface area contributed by atoms with Crippen LogP contribution in [0.3, 0.4) is 0 Å². The molecule has 1 unspecified atom stereocenters. The second-order valence-electron chi connectivity index (χ2n) is 8.74. The minimum Gasteiger partial charge on any atom is -0.339 e. The molecule has 33 heavy (non-hydrogen) atoms. The van der Waals surface area contributed by atoms with E-state index >= 15 is 0 Å². The molecule has 170 valence electrons. The number of hydrogen-bond donors (Lipinski definition) is 0. The lowest BCUT2D eigenvalue weighted by Crippen LogP contribution is -2.67. The van der Waals surface area contributed by atoms with Crippen molar-refractivity contribution in [3.63, 3.8) is 0 Å². The number of hydrogen-bond acceptors (Lipinski definition) is 2. The second-order valence-corrected chi connectivity index (χ2v) is 9.17. The number of nitrogens with zero attached hydrogens (tertiary/aromatic N) is 2. The van der Waals surface area contributed by atoms with Crippen LogP contribution in [0.2, 0.25) is 5.02 Å². The number of rotatable bonds is 6. The van der Waals surface area contributed by atoms with Crippen LogP contribution in [0.4, 0.5) is 4.39 Å². The number of amides is 2. The van der Waals surface area contributed by atoms with E-state index in [2.05, 4.69) is 0 Å². The van der Waals surface area contributed by atoms with Crippen LogP contribution in [0.25, 0.3) is 11.1 Å². The third-order valence-electron chi connectivity index (χ3n) is 6.35. The van der Waals surface area contributed by atoms with Crippen molar-refractivity contribution in [3.8, 4) is 11.1 Å². The molecule has 1 aliphatic rings. The molecule has 2 amide bonds. The topological polar surface area (TPSA) is 40.6 Å². The molecule has 0 bridgehead atoms. The zero-order valence-corrected chi connectivity index (χ0v) is 19.5. The van der Waals surface area contributed by atoms with Crippen molar-refractivity contribution in [1.82, 2.24) is 9.80 Å². The molecule has 3 aromatic carbocycles. The lowest BCUT2D eigenvalue weighted by atomic mass is 9.84. The first kappa shape index (κ1) is 23.0. The van der Waals surface area contributed by atoms with Gasteiger partial charge in [-0.15, -0.1) is 0 Å². The molecule has 1 aliphatic heterocycles. The van der Waals surface area contributed by atoms with E-state index in [9.17, 15) is 14.0 Å². The van der Waals surface area contributed by atoms with Crippen molar-refractivity contribution in [2.24, 2.45) is 0 Å². The Morgan fingerprint density at radius 3 is 2.03 bits per heavy atom. The summed E-state index contributed by atoms with van der Waals surface area (Å²) in [6.07, 6.45) is 0.875. The zero-order chi connectivity index (χ0) is 23.6. The molecule has 3 aromatic rings. The molecule has 1 atom stereocenters. The van der Waals surface area contributed by atoms with Crippen LogP contribution >= 0.6 is 11.6 Å². The molecule has 0 radical (unpaired) electrons. The Hall–Kier alpha value is -3.18. The van der Waals surface area contributed by atoms with Gasteiger partial charge in [0.25, 0.3) is 0 Å². The maximum atomic E-state index is 13.2. The molecular weight excluding hydrogens is 439 g/mol. The first-order valence-corrected chi connectivity index (χ1v) is 11.3. The van der Waals surface area contributed by atoms with Crippen LogP contribution in [0.1, 0.15) is 24.5 Å². The zero-order valence-electron chi connectivity index (χ0n) is 18.7. The third-order valence-corrected chi connectivity index (χ3v) is 6.60. The van der Waals surface area contributed by atoms with Gasteiger partial charge in [-0.25, -0.2) is 4.39 Å². The minimum absolute atomic E-state index is 0.0634. The quantitative estimate of drug-likeness (QED) is 0.494. The highest BCUT2D eigenvalue weighted by molar-refractivity contribution is 6.30. The van der Waals surface area contributed by atoms with E-state index in [1.54, 1.807) is 41.1 Å². The van der Waals surface area contributed by atoms with Crippen molar-refractivity contribution in [1.29, 1.82) is 0 Å². The number of carbonyl (C=O) groups is 2. The van der Waals surface area contributed by atoms with E-state index < -0.39 is 5.54 Å². The van der Waals surface area contributed by atoms with E-state index in [-0.39, 0.29) is 24.1 Å². The Balaban J connectivity index is 1.39. The Bertz CT molecular complexity index is 1150. The van der Waals surface area contributed by atoms with E-state index in [1.165, 1.54) is 12.1 Å². The Labute approximate surface area is 198 Å². The highest BCUT2D eigenvalue weighted by atomic mass is 35.5. The third kappa shape index (κ3) is 4.93. The van der Waals surface area contributed by atoms with Crippen LogP contribution in [0, 0.1) is 5.82 Å². The van der Waals surface area contributed by atoms with Gasteiger partial charge in [0.2, 0.25) is 11.8 Å². The van der Waals surface area contributed by atoms with E-state index in [1.807, 2.05) is 43.3 Å². The fourth-order valence-corrected chi connectivity index (χ4v) is 4.38. The van der Waals surface area contributed by atoms with Gasteiger partial charge in [-0.2, -0.15) is 0 Å². The van der Waals surface area contributed by atoms with Crippen LogP contribution in [-0.2, 0) is 22.6 Å². The van der Waals surface area contributed by atoms with Gasteiger partial charge < -0.3 is 9.80 Å². The molecule has 0 aliphatic carbocycles. The van der Waals surface area contributed by atoms with Crippen molar-refractivity contribution in [3.05, 3.63) is 94.8 Å². The number of likely N-dealkylation sites (N-methyl/N-ethyl adjacent to an activating group) is 1. The van der Waals surface area contributed by atoms with Gasteiger partial charge in [0.05, 0.1) is 6.42 Å². The van der Waals surface area contributed by atoms with Gasteiger partial charge >= 0.3 is 0 Å². The Kier molecular flexibility index (Phi) is 6.52. The minimum atomic E-state index is -0.827. The first-order chi connectivity index (χ1) is 15.8. The summed E-state index contributed by atoms with van der Waals surface area (Å²) in [6.45, 7) is 2.87. The van der Waals surface area contributed by atoms with Gasteiger partial charge in [-0.05, 0) is 59.9 Å². The van der Waals surface area contributed by atoms with Crippen molar-refractivity contribution < 1.29 is 14.0 Å². The number of likely N-dealkylation sites (tertiary alicyclic amines) is 1. The van der Waals surface area contributed by atoms with E-state index in [0.29, 0.717) is 24.5 Å². The van der Waals surface area contributed by atoms with Gasteiger partial charge in [-0.3, -0.25) is 9.59 Å². The number of halogens is 2. The molecule has 1 heterocycles. The summed E-state index contributed by atoms with van der Waals surface area (Å²) in [4.78, 5) is 29.6. The Morgan fingerprint density at radius 2 is 1.48 bits per heavy atom. The van der Waals surface area contributed by atoms with Crippen LogP contribution < -0.4 is 0 Å². The fraction of sp³-hybridized carbons (Fsp3) is 0.259. The standard InChI is InChI=1S/C27H26ClFN2O2/c1-27(26(33)30(2)18-20-5-11-23(28)12-6-20)15-16-31(27)25(32)17-19-3-7-21(8-4-19)22-9-13-24(29)14-10-22/h3-14H,15-18H2,1-2H3. The molecule has 0 N–H and O–H groups in total. The number of benzene rings is 3. The average Bonchev–Trinajstić information content (AvgIpc) is 2.80. The maximum Gasteiger partial charge on any atom is 0.248 e. The molecule has 1 saturated heterocycles.